The van der Waals surface area contributed by atoms with Crippen molar-refractivity contribution in [3.63, 3.8) is 0 Å². The fraction of sp³-hybridized carbons (Fsp3) is 0.172. The number of rotatable bonds is 4. The van der Waals surface area contributed by atoms with Crippen LogP contribution < -0.4 is 0 Å². The Morgan fingerprint density at radius 1 is 0.484 bits per heavy atom. The molecule has 2 N–H and O–H groups in total. The molecule has 0 bridgehead atoms. The van der Waals surface area contributed by atoms with Gasteiger partial charge in [0, 0.05) is 11.1 Å². The number of phenols is 2. The average molecular weight is 409 g/mol. The van der Waals surface area contributed by atoms with E-state index in [2.05, 4.69) is 24.3 Å². The lowest BCUT2D eigenvalue weighted by molar-refractivity contribution is 0.442. The number of aromatic hydroxyl groups is 2. The molecule has 0 saturated heterocycles. The highest BCUT2D eigenvalue weighted by Gasteiger charge is 2.42. The molecule has 31 heavy (non-hydrogen) atoms. The van der Waals surface area contributed by atoms with Crippen molar-refractivity contribution < 1.29 is 10.2 Å². The predicted molar refractivity (Wildman–Crippen MR) is 127 cm³/mol. The Morgan fingerprint density at radius 3 is 1.19 bits per heavy atom. The molecule has 4 aromatic carbocycles. The molecule has 0 saturated carbocycles. The topological polar surface area (TPSA) is 40.5 Å². The smallest absolute Gasteiger partial charge is 0.123 e. The van der Waals surface area contributed by atoms with Crippen LogP contribution in [-0.4, -0.2) is 10.2 Å². The summed E-state index contributed by atoms with van der Waals surface area (Å²) >= 11 is 0. The van der Waals surface area contributed by atoms with Crippen LogP contribution in [0.5, 0.6) is 11.5 Å². The first-order valence-electron chi connectivity index (χ1n) is 10.6. The third kappa shape index (κ3) is 3.19. The van der Waals surface area contributed by atoms with E-state index in [0.29, 0.717) is 0 Å². The Morgan fingerprint density at radius 2 is 0.839 bits per heavy atom. The Kier molecular flexibility index (Phi) is 5.32. The third-order valence-corrected chi connectivity index (χ3v) is 6.63. The zero-order chi connectivity index (χ0) is 22.2. The van der Waals surface area contributed by atoms with Crippen LogP contribution in [0.15, 0.2) is 84.9 Å². The molecule has 0 atom stereocenters. The van der Waals surface area contributed by atoms with Crippen LogP contribution in [0.2, 0.25) is 0 Å². The highest BCUT2D eigenvalue weighted by atomic mass is 16.3. The lowest BCUT2D eigenvalue weighted by atomic mass is 9.64. The van der Waals surface area contributed by atoms with Gasteiger partial charge in [0.2, 0.25) is 0 Å². The fourth-order valence-corrected chi connectivity index (χ4v) is 4.52. The highest BCUT2D eigenvalue weighted by molar-refractivity contribution is 5.68. The first-order chi connectivity index (χ1) is 14.9. The van der Waals surface area contributed by atoms with Crippen molar-refractivity contribution in [3.05, 3.63) is 129 Å². The summed E-state index contributed by atoms with van der Waals surface area (Å²) < 4.78 is 0. The summed E-state index contributed by atoms with van der Waals surface area (Å²) in [5.74, 6) is 0.510. The van der Waals surface area contributed by atoms with Gasteiger partial charge in [-0.1, -0.05) is 84.9 Å². The molecule has 0 amide bonds. The predicted octanol–water partition coefficient (Wildman–Crippen LogP) is 6.71. The number of hydrogen-bond acceptors (Lipinski definition) is 2. The van der Waals surface area contributed by atoms with Crippen molar-refractivity contribution in [2.24, 2.45) is 0 Å². The van der Waals surface area contributed by atoms with Crippen LogP contribution in [0.1, 0.15) is 44.5 Å². The maximum absolute atomic E-state index is 11.4. The van der Waals surface area contributed by atoms with E-state index in [1.165, 1.54) is 0 Å². The van der Waals surface area contributed by atoms with E-state index >= 15 is 0 Å². The van der Waals surface area contributed by atoms with Gasteiger partial charge in [-0.2, -0.15) is 0 Å². The van der Waals surface area contributed by atoms with E-state index in [1.807, 2.05) is 88.4 Å². The Bertz CT molecular complexity index is 1130. The van der Waals surface area contributed by atoms with Crippen LogP contribution in [0.4, 0.5) is 0 Å². The summed E-state index contributed by atoms with van der Waals surface area (Å²) in [6, 6.07) is 28.3. The second kappa shape index (κ2) is 7.96. The standard InChI is InChI=1S/C29H28O2/c1-19-15-17-25(27(30)21(19)3)29(23-11-7-5-8-12-23,24-13-9-6-10-14-24)26-18-16-20(2)22(4)28(26)31/h5-18,30-31H,1-4H3. The van der Waals surface area contributed by atoms with E-state index < -0.39 is 5.41 Å². The van der Waals surface area contributed by atoms with Gasteiger partial charge in [0.1, 0.15) is 11.5 Å². The molecule has 156 valence electrons. The molecule has 0 aliphatic heterocycles. The van der Waals surface area contributed by atoms with Crippen LogP contribution in [0.25, 0.3) is 0 Å². The van der Waals surface area contributed by atoms with Gasteiger partial charge in [-0.05, 0) is 61.1 Å². The lowest BCUT2D eigenvalue weighted by Gasteiger charge is -2.38. The molecule has 0 spiro atoms. The fourth-order valence-electron chi connectivity index (χ4n) is 4.52. The second-order valence-corrected chi connectivity index (χ2v) is 8.29. The SMILES string of the molecule is Cc1ccc(C(c2ccccc2)(c2ccccc2)c2ccc(C)c(C)c2O)c(O)c1C. The quantitative estimate of drug-likeness (QED) is 0.368. The normalized spacial score (nSPS) is 11.5. The average Bonchev–Trinajstić information content (AvgIpc) is 2.80. The first kappa shape index (κ1) is 20.7. The molecule has 0 radical (unpaired) electrons. The first-order valence-corrected chi connectivity index (χ1v) is 10.6. The van der Waals surface area contributed by atoms with Crippen LogP contribution in [0.3, 0.4) is 0 Å². The van der Waals surface area contributed by atoms with E-state index in [1.54, 1.807) is 0 Å². The maximum Gasteiger partial charge on any atom is 0.123 e. The van der Waals surface area contributed by atoms with Crippen molar-refractivity contribution in [1.82, 2.24) is 0 Å². The molecule has 2 heteroatoms. The number of aryl methyl sites for hydroxylation is 2. The minimum atomic E-state index is -0.881. The molecule has 0 unspecified atom stereocenters. The summed E-state index contributed by atoms with van der Waals surface area (Å²) in [4.78, 5) is 0. The molecular weight excluding hydrogens is 380 g/mol. The number of benzene rings is 4. The summed E-state index contributed by atoms with van der Waals surface area (Å²) in [6.07, 6.45) is 0. The van der Waals surface area contributed by atoms with Gasteiger partial charge in [-0.15, -0.1) is 0 Å². The molecule has 0 aromatic heterocycles. The van der Waals surface area contributed by atoms with Crippen LogP contribution >= 0.6 is 0 Å². The van der Waals surface area contributed by atoms with Gasteiger partial charge in [0.25, 0.3) is 0 Å². The Labute approximate surface area is 184 Å². The minimum absolute atomic E-state index is 0.255. The van der Waals surface area contributed by atoms with Crippen molar-refractivity contribution in [2.75, 3.05) is 0 Å². The summed E-state index contributed by atoms with van der Waals surface area (Å²) in [5, 5.41) is 22.9. The minimum Gasteiger partial charge on any atom is -0.507 e. The molecule has 0 aliphatic carbocycles. The van der Waals surface area contributed by atoms with Crippen molar-refractivity contribution in [3.8, 4) is 11.5 Å². The molecule has 0 heterocycles. The van der Waals surface area contributed by atoms with E-state index in [9.17, 15) is 10.2 Å². The van der Waals surface area contributed by atoms with Crippen LogP contribution in [0, 0.1) is 27.7 Å². The Hall–Kier alpha value is -3.52. The van der Waals surface area contributed by atoms with Gasteiger partial charge >= 0.3 is 0 Å². The monoisotopic (exact) mass is 408 g/mol. The van der Waals surface area contributed by atoms with Crippen molar-refractivity contribution in [1.29, 1.82) is 0 Å². The van der Waals surface area contributed by atoms with Gasteiger partial charge in [0.05, 0.1) is 5.41 Å². The van der Waals surface area contributed by atoms with Gasteiger partial charge in [0.15, 0.2) is 0 Å². The van der Waals surface area contributed by atoms with Crippen molar-refractivity contribution in [2.45, 2.75) is 33.1 Å². The van der Waals surface area contributed by atoms with E-state index in [4.69, 9.17) is 0 Å². The summed E-state index contributed by atoms with van der Waals surface area (Å²) in [7, 11) is 0. The summed E-state index contributed by atoms with van der Waals surface area (Å²) in [6.45, 7) is 7.88. The molecule has 0 aliphatic rings. The highest BCUT2D eigenvalue weighted by Crippen LogP contribution is 2.52. The molecule has 0 fully saturated rings. The number of hydrogen-bond donors (Lipinski definition) is 2. The zero-order valence-electron chi connectivity index (χ0n) is 18.5. The van der Waals surface area contributed by atoms with Gasteiger partial charge in [-0.25, -0.2) is 0 Å². The molecule has 2 nitrogen and oxygen atoms in total. The maximum atomic E-state index is 11.4. The summed E-state index contributed by atoms with van der Waals surface area (Å²) in [5.41, 5.74) is 6.35. The van der Waals surface area contributed by atoms with E-state index in [-0.39, 0.29) is 11.5 Å². The molecular formula is C29H28O2. The molecule has 4 rings (SSSR count). The second-order valence-electron chi connectivity index (χ2n) is 8.29. The van der Waals surface area contributed by atoms with Crippen LogP contribution in [-0.2, 0) is 5.41 Å². The van der Waals surface area contributed by atoms with Crippen molar-refractivity contribution >= 4 is 0 Å². The number of phenolic OH excluding ortho intramolecular Hbond substituents is 2. The molecule has 4 aromatic rings. The largest absolute Gasteiger partial charge is 0.507 e. The zero-order valence-corrected chi connectivity index (χ0v) is 18.5. The van der Waals surface area contributed by atoms with Gasteiger partial charge < -0.3 is 10.2 Å². The Balaban J connectivity index is 2.25. The third-order valence-electron chi connectivity index (χ3n) is 6.63. The lowest BCUT2D eigenvalue weighted by Crippen LogP contribution is -2.31. The van der Waals surface area contributed by atoms with E-state index in [0.717, 1.165) is 44.5 Å². The van der Waals surface area contributed by atoms with Gasteiger partial charge in [-0.3, -0.25) is 0 Å².